The molecule has 22 heavy (non-hydrogen) atoms. The molecule has 0 saturated heterocycles. The molecule has 0 aromatic heterocycles. The number of aromatic hydroxyl groups is 1. The van der Waals surface area contributed by atoms with E-state index in [1.54, 1.807) is 0 Å². The predicted molar refractivity (Wildman–Crippen MR) is 97.6 cm³/mol. The minimum absolute atomic E-state index is 0.494. The fourth-order valence-electron chi connectivity index (χ4n) is 3.28. The second-order valence-electron chi connectivity index (χ2n) is 6.66. The predicted octanol–water partition coefficient (Wildman–Crippen LogP) is 7.20. The Morgan fingerprint density at radius 1 is 0.727 bits per heavy atom. The van der Waals surface area contributed by atoms with Gasteiger partial charge in [0.2, 0.25) is 0 Å². The highest BCUT2D eigenvalue weighted by molar-refractivity contribution is 5.34. The fourth-order valence-corrected chi connectivity index (χ4v) is 3.28. The summed E-state index contributed by atoms with van der Waals surface area (Å²) in [6.45, 7) is 4.53. The maximum Gasteiger partial charge on any atom is 0.119 e. The van der Waals surface area contributed by atoms with Gasteiger partial charge in [-0.05, 0) is 30.4 Å². The first kappa shape index (κ1) is 19.1. The first-order valence-electron chi connectivity index (χ1n) is 9.57. The molecule has 0 aliphatic rings. The zero-order chi connectivity index (χ0) is 16.0. The van der Waals surface area contributed by atoms with Crippen LogP contribution in [0.4, 0.5) is 0 Å². The smallest absolute Gasteiger partial charge is 0.119 e. The van der Waals surface area contributed by atoms with Gasteiger partial charge in [-0.15, -0.1) is 0 Å². The monoisotopic (exact) mass is 304 g/mol. The number of benzene rings is 1. The second-order valence-corrected chi connectivity index (χ2v) is 6.66. The van der Waals surface area contributed by atoms with E-state index >= 15 is 0 Å². The molecule has 0 bridgehead atoms. The standard InChI is InChI=1S/C21H36O/c1-3-5-7-9-10-12-16-19(15-11-8-6-4-2)20-17-13-14-18-21(20)22/h13-14,17-19,22H,3-12,15-16H2,1-2H3. The molecule has 0 radical (unpaired) electrons. The third-order valence-corrected chi connectivity index (χ3v) is 4.69. The van der Waals surface area contributed by atoms with E-state index in [9.17, 15) is 5.11 Å². The Balaban J connectivity index is 2.42. The van der Waals surface area contributed by atoms with Gasteiger partial charge in [0.15, 0.2) is 0 Å². The number of para-hydroxylation sites is 1. The lowest BCUT2D eigenvalue weighted by Crippen LogP contribution is -2.00. The van der Waals surface area contributed by atoms with Crippen LogP contribution in [-0.2, 0) is 0 Å². The Hall–Kier alpha value is -0.980. The number of phenols is 1. The van der Waals surface area contributed by atoms with Gasteiger partial charge in [-0.2, -0.15) is 0 Å². The quantitative estimate of drug-likeness (QED) is 0.382. The van der Waals surface area contributed by atoms with E-state index in [4.69, 9.17) is 0 Å². The van der Waals surface area contributed by atoms with Crippen molar-refractivity contribution in [3.63, 3.8) is 0 Å². The van der Waals surface area contributed by atoms with Crippen molar-refractivity contribution in [2.75, 3.05) is 0 Å². The molecule has 1 heteroatoms. The van der Waals surface area contributed by atoms with E-state index in [0.29, 0.717) is 11.7 Å². The molecule has 0 aliphatic heterocycles. The van der Waals surface area contributed by atoms with Crippen LogP contribution in [0.25, 0.3) is 0 Å². The summed E-state index contributed by atoms with van der Waals surface area (Å²) in [6, 6.07) is 7.96. The highest BCUT2D eigenvalue weighted by Gasteiger charge is 2.14. The molecule has 1 nitrogen and oxygen atoms in total. The molecule has 1 aromatic carbocycles. The van der Waals surface area contributed by atoms with Crippen LogP contribution in [-0.4, -0.2) is 5.11 Å². The zero-order valence-electron chi connectivity index (χ0n) is 14.8. The number of hydrogen-bond donors (Lipinski definition) is 1. The lowest BCUT2D eigenvalue weighted by Gasteiger charge is -2.18. The number of phenolic OH excluding ortho intramolecular Hbond substituents is 1. The van der Waals surface area contributed by atoms with Crippen LogP contribution in [0.1, 0.15) is 102 Å². The number of unbranched alkanes of at least 4 members (excludes halogenated alkanes) is 8. The summed E-state index contributed by atoms with van der Waals surface area (Å²) in [5.41, 5.74) is 1.17. The van der Waals surface area contributed by atoms with Gasteiger partial charge in [0.05, 0.1) is 0 Å². The minimum atomic E-state index is 0.494. The Labute approximate surface area is 138 Å². The Morgan fingerprint density at radius 3 is 1.82 bits per heavy atom. The van der Waals surface area contributed by atoms with Gasteiger partial charge in [0.25, 0.3) is 0 Å². The molecular formula is C21H36O. The maximum atomic E-state index is 10.2. The van der Waals surface area contributed by atoms with Crippen molar-refractivity contribution in [2.45, 2.75) is 96.8 Å². The van der Waals surface area contributed by atoms with Gasteiger partial charge in [-0.25, -0.2) is 0 Å². The molecular weight excluding hydrogens is 268 g/mol. The van der Waals surface area contributed by atoms with Gasteiger partial charge < -0.3 is 5.11 Å². The zero-order valence-corrected chi connectivity index (χ0v) is 14.8. The molecule has 0 aliphatic carbocycles. The van der Waals surface area contributed by atoms with Crippen LogP contribution in [0.2, 0.25) is 0 Å². The third kappa shape index (κ3) is 7.87. The van der Waals surface area contributed by atoms with E-state index in [0.717, 1.165) is 0 Å². The van der Waals surface area contributed by atoms with Crippen molar-refractivity contribution < 1.29 is 5.11 Å². The molecule has 0 spiro atoms. The first-order valence-corrected chi connectivity index (χ1v) is 9.57. The third-order valence-electron chi connectivity index (χ3n) is 4.69. The summed E-state index contributed by atoms with van der Waals surface area (Å²) >= 11 is 0. The van der Waals surface area contributed by atoms with Crippen LogP contribution >= 0.6 is 0 Å². The van der Waals surface area contributed by atoms with Crippen molar-refractivity contribution in [3.8, 4) is 5.75 Å². The molecule has 1 rings (SSSR count). The SMILES string of the molecule is CCCCCCCCC(CCCCCC)c1ccccc1O. The summed E-state index contributed by atoms with van der Waals surface area (Å²) in [7, 11) is 0. The van der Waals surface area contributed by atoms with Crippen LogP contribution < -0.4 is 0 Å². The highest BCUT2D eigenvalue weighted by Crippen LogP contribution is 2.33. The van der Waals surface area contributed by atoms with E-state index in [-0.39, 0.29) is 0 Å². The molecule has 0 saturated carbocycles. The van der Waals surface area contributed by atoms with E-state index in [2.05, 4.69) is 26.0 Å². The molecule has 1 aromatic rings. The normalized spacial score (nSPS) is 12.5. The molecule has 0 heterocycles. The Kier molecular flexibility index (Phi) is 10.9. The van der Waals surface area contributed by atoms with Crippen molar-refractivity contribution in [3.05, 3.63) is 29.8 Å². The summed E-state index contributed by atoms with van der Waals surface area (Å²) in [5, 5.41) is 10.2. The summed E-state index contributed by atoms with van der Waals surface area (Å²) < 4.78 is 0. The lowest BCUT2D eigenvalue weighted by molar-refractivity contribution is 0.439. The van der Waals surface area contributed by atoms with E-state index in [1.165, 1.54) is 82.6 Å². The van der Waals surface area contributed by atoms with E-state index in [1.807, 2.05) is 12.1 Å². The average molecular weight is 305 g/mol. The molecule has 1 N–H and O–H groups in total. The lowest BCUT2D eigenvalue weighted by atomic mass is 9.87. The highest BCUT2D eigenvalue weighted by atomic mass is 16.3. The molecule has 1 unspecified atom stereocenters. The van der Waals surface area contributed by atoms with E-state index < -0.39 is 0 Å². The summed E-state index contributed by atoms with van der Waals surface area (Å²) in [6.07, 6.45) is 15.8. The summed E-state index contributed by atoms with van der Waals surface area (Å²) in [5.74, 6) is 1.04. The van der Waals surface area contributed by atoms with Crippen LogP contribution in [0.3, 0.4) is 0 Å². The topological polar surface area (TPSA) is 20.2 Å². The van der Waals surface area contributed by atoms with Gasteiger partial charge in [0.1, 0.15) is 5.75 Å². The Morgan fingerprint density at radius 2 is 1.23 bits per heavy atom. The molecule has 126 valence electrons. The number of rotatable bonds is 13. The molecule has 1 atom stereocenters. The van der Waals surface area contributed by atoms with Crippen LogP contribution in [0, 0.1) is 0 Å². The first-order chi connectivity index (χ1) is 10.8. The second kappa shape index (κ2) is 12.6. The molecule has 0 amide bonds. The largest absolute Gasteiger partial charge is 0.508 e. The maximum absolute atomic E-state index is 10.2. The van der Waals surface area contributed by atoms with Crippen LogP contribution in [0.5, 0.6) is 5.75 Å². The van der Waals surface area contributed by atoms with Crippen molar-refractivity contribution >= 4 is 0 Å². The Bertz CT molecular complexity index is 372. The van der Waals surface area contributed by atoms with Gasteiger partial charge in [-0.1, -0.05) is 96.3 Å². The van der Waals surface area contributed by atoms with Crippen molar-refractivity contribution in [1.82, 2.24) is 0 Å². The van der Waals surface area contributed by atoms with Crippen LogP contribution in [0.15, 0.2) is 24.3 Å². The van der Waals surface area contributed by atoms with Gasteiger partial charge in [0, 0.05) is 0 Å². The fraction of sp³-hybridized carbons (Fsp3) is 0.714. The van der Waals surface area contributed by atoms with Crippen molar-refractivity contribution in [2.24, 2.45) is 0 Å². The number of hydrogen-bond acceptors (Lipinski definition) is 1. The average Bonchev–Trinajstić information content (AvgIpc) is 2.53. The molecule has 0 fully saturated rings. The van der Waals surface area contributed by atoms with Gasteiger partial charge in [-0.3, -0.25) is 0 Å². The van der Waals surface area contributed by atoms with Crippen molar-refractivity contribution in [1.29, 1.82) is 0 Å². The summed E-state index contributed by atoms with van der Waals surface area (Å²) in [4.78, 5) is 0. The minimum Gasteiger partial charge on any atom is -0.508 e. The van der Waals surface area contributed by atoms with Gasteiger partial charge >= 0.3 is 0 Å².